The van der Waals surface area contributed by atoms with Gasteiger partial charge in [-0.05, 0) is 30.9 Å². The summed E-state index contributed by atoms with van der Waals surface area (Å²) >= 11 is 0. The summed E-state index contributed by atoms with van der Waals surface area (Å²) in [6.45, 7) is 0. The van der Waals surface area contributed by atoms with Gasteiger partial charge in [0.05, 0.1) is 11.5 Å². The van der Waals surface area contributed by atoms with E-state index in [0.29, 0.717) is 17.4 Å². The van der Waals surface area contributed by atoms with Gasteiger partial charge in [-0.25, -0.2) is 8.42 Å². The summed E-state index contributed by atoms with van der Waals surface area (Å²) in [6, 6.07) is 5.80. The molecule has 2 aromatic rings. The van der Waals surface area contributed by atoms with Gasteiger partial charge in [-0.15, -0.1) is 10.2 Å². The fraction of sp³-hybridized carbons (Fsp3) is 0.500. The average Bonchev–Trinajstić information content (AvgIpc) is 2.76. The molecule has 96 valence electrons. The molecule has 0 saturated carbocycles. The lowest BCUT2D eigenvalue weighted by Crippen LogP contribution is -2.25. The van der Waals surface area contributed by atoms with Crippen molar-refractivity contribution in [1.29, 1.82) is 0 Å². The van der Waals surface area contributed by atoms with Crippen LogP contribution in [0.5, 0.6) is 0 Å². The summed E-state index contributed by atoms with van der Waals surface area (Å²) in [7, 11) is -2.78. The van der Waals surface area contributed by atoms with Crippen LogP contribution in [0.15, 0.2) is 24.4 Å². The molecule has 0 unspecified atom stereocenters. The van der Waals surface area contributed by atoms with Crippen molar-refractivity contribution in [2.45, 2.75) is 19.3 Å². The lowest BCUT2D eigenvalue weighted by atomic mass is 9.98. The molecule has 1 fully saturated rings. The Hall–Kier alpha value is -1.43. The van der Waals surface area contributed by atoms with Crippen molar-refractivity contribution in [2.75, 3.05) is 11.5 Å². The number of pyridine rings is 1. The molecule has 2 aromatic heterocycles. The summed E-state index contributed by atoms with van der Waals surface area (Å²) in [6.07, 6.45) is 4.24. The van der Waals surface area contributed by atoms with Gasteiger partial charge in [-0.3, -0.25) is 4.40 Å². The molecule has 5 nitrogen and oxygen atoms in total. The molecule has 1 saturated heterocycles. The largest absolute Gasteiger partial charge is 0.286 e. The predicted octanol–water partition coefficient (Wildman–Crippen LogP) is 1.10. The number of nitrogens with zero attached hydrogens (tertiary/aromatic N) is 3. The Kier molecular flexibility index (Phi) is 2.81. The molecular weight excluding hydrogens is 250 g/mol. The summed E-state index contributed by atoms with van der Waals surface area (Å²) in [5, 5.41) is 8.30. The second-order valence-electron chi connectivity index (χ2n) is 4.84. The summed E-state index contributed by atoms with van der Waals surface area (Å²) in [5.41, 5.74) is 0.843. The smallest absolute Gasteiger partial charge is 0.160 e. The van der Waals surface area contributed by atoms with E-state index in [9.17, 15) is 8.42 Å². The fourth-order valence-electron chi connectivity index (χ4n) is 2.43. The molecule has 3 heterocycles. The predicted molar refractivity (Wildman–Crippen MR) is 68.1 cm³/mol. The molecule has 1 aliphatic rings. The molecule has 3 rings (SSSR count). The van der Waals surface area contributed by atoms with Crippen LogP contribution in [-0.4, -0.2) is 34.5 Å². The minimum Gasteiger partial charge on any atom is -0.286 e. The average molecular weight is 265 g/mol. The SMILES string of the molecule is O=S1(=O)CCC(Cc2nnc3ccccn23)CC1. The summed E-state index contributed by atoms with van der Waals surface area (Å²) < 4.78 is 24.7. The molecular formula is C12H15N3O2S. The van der Waals surface area contributed by atoms with Gasteiger partial charge in [-0.2, -0.15) is 0 Å². The van der Waals surface area contributed by atoms with Crippen molar-refractivity contribution in [1.82, 2.24) is 14.6 Å². The van der Waals surface area contributed by atoms with Crippen LogP contribution in [0.25, 0.3) is 5.65 Å². The minimum absolute atomic E-state index is 0.314. The lowest BCUT2D eigenvalue weighted by molar-refractivity contribution is 0.452. The van der Waals surface area contributed by atoms with Crippen molar-refractivity contribution in [3.63, 3.8) is 0 Å². The third-order valence-corrected chi connectivity index (χ3v) is 5.25. The third kappa shape index (κ3) is 2.25. The van der Waals surface area contributed by atoms with Crippen LogP contribution in [-0.2, 0) is 16.3 Å². The van der Waals surface area contributed by atoms with E-state index in [1.165, 1.54) is 0 Å². The molecule has 0 atom stereocenters. The zero-order valence-electron chi connectivity index (χ0n) is 9.99. The van der Waals surface area contributed by atoms with Crippen molar-refractivity contribution in [3.05, 3.63) is 30.2 Å². The second-order valence-corrected chi connectivity index (χ2v) is 7.15. The molecule has 0 radical (unpaired) electrons. The Balaban J connectivity index is 1.77. The van der Waals surface area contributed by atoms with Gasteiger partial charge in [0.25, 0.3) is 0 Å². The highest BCUT2D eigenvalue weighted by Gasteiger charge is 2.24. The summed E-state index contributed by atoms with van der Waals surface area (Å²) in [5.74, 6) is 1.96. The number of fused-ring (bicyclic) bond motifs is 1. The van der Waals surface area contributed by atoms with Crippen molar-refractivity contribution >= 4 is 15.5 Å². The van der Waals surface area contributed by atoms with Crippen LogP contribution in [0, 0.1) is 5.92 Å². The third-order valence-electron chi connectivity index (χ3n) is 3.53. The molecule has 18 heavy (non-hydrogen) atoms. The van der Waals surface area contributed by atoms with Gasteiger partial charge in [-0.1, -0.05) is 6.07 Å². The monoisotopic (exact) mass is 265 g/mol. The highest BCUT2D eigenvalue weighted by molar-refractivity contribution is 7.91. The van der Waals surface area contributed by atoms with Crippen molar-refractivity contribution < 1.29 is 8.42 Å². The first-order valence-electron chi connectivity index (χ1n) is 6.13. The minimum atomic E-state index is -2.78. The van der Waals surface area contributed by atoms with Crippen molar-refractivity contribution in [3.8, 4) is 0 Å². The molecule has 6 heteroatoms. The molecule has 0 amide bonds. The molecule has 0 spiro atoms. The van der Waals surface area contributed by atoms with Gasteiger partial charge in [0.15, 0.2) is 5.65 Å². The Labute approximate surface area is 106 Å². The number of sulfone groups is 1. The molecule has 0 aromatic carbocycles. The Morgan fingerprint density at radius 2 is 2.00 bits per heavy atom. The number of hydrogen-bond donors (Lipinski definition) is 0. The zero-order chi connectivity index (χ0) is 12.6. The van der Waals surface area contributed by atoms with Gasteiger partial charge >= 0.3 is 0 Å². The molecule has 0 bridgehead atoms. The lowest BCUT2D eigenvalue weighted by Gasteiger charge is -2.20. The highest BCUT2D eigenvalue weighted by atomic mass is 32.2. The van der Waals surface area contributed by atoms with E-state index in [4.69, 9.17) is 0 Å². The van der Waals surface area contributed by atoms with Crippen LogP contribution >= 0.6 is 0 Å². The number of rotatable bonds is 2. The Morgan fingerprint density at radius 3 is 2.78 bits per heavy atom. The normalized spacial score (nSPS) is 20.2. The van der Waals surface area contributed by atoms with Crippen LogP contribution in [0.2, 0.25) is 0 Å². The van der Waals surface area contributed by atoms with Gasteiger partial charge in [0, 0.05) is 12.6 Å². The molecule has 0 N–H and O–H groups in total. The molecule has 1 aliphatic heterocycles. The second kappa shape index (κ2) is 4.35. The van der Waals surface area contributed by atoms with Crippen LogP contribution in [0.1, 0.15) is 18.7 Å². The van der Waals surface area contributed by atoms with E-state index in [0.717, 1.165) is 30.7 Å². The topological polar surface area (TPSA) is 64.3 Å². The first-order valence-corrected chi connectivity index (χ1v) is 7.95. The van der Waals surface area contributed by atoms with E-state index < -0.39 is 9.84 Å². The summed E-state index contributed by atoms with van der Waals surface area (Å²) in [4.78, 5) is 0. The van der Waals surface area contributed by atoms with Gasteiger partial charge < -0.3 is 0 Å². The standard InChI is InChI=1S/C12H15N3O2S/c16-18(17)7-4-10(5-8-18)9-12-14-13-11-3-1-2-6-15(11)12/h1-3,6,10H,4-5,7-9H2. The maximum Gasteiger partial charge on any atom is 0.160 e. The number of aromatic nitrogens is 3. The number of hydrogen-bond acceptors (Lipinski definition) is 4. The Morgan fingerprint density at radius 1 is 1.22 bits per heavy atom. The van der Waals surface area contributed by atoms with Crippen molar-refractivity contribution in [2.24, 2.45) is 5.92 Å². The quantitative estimate of drug-likeness (QED) is 0.815. The first-order chi connectivity index (χ1) is 8.64. The van der Waals surface area contributed by atoms with E-state index in [1.54, 1.807) is 0 Å². The van der Waals surface area contributed by atoms with Gasteiger partial charge in [0.2, 0.25) is 0 Å². The van der Waals surface area contributed by atoms with E-state index in [2.05, 4.69) is 10.2 Å². The highest BCUT2D eigenvalue weighted by Crippen LogP contribution is 2.22. The van der Waals surface area contributed by atoms with Crippen LogP contribution in [0.4, 0.5) is 0 Å². The Bertz CT molecular complexity index is 649. The zero-order valence-corrected chi connectivity index (χ0v) is 10.8. The van der Waals surface area contributed by atoms with Gasteiger partial charge in [0.1, 0.15) is 15.7 Å². The maximum atomic E-state index is 11.4. The maximum absolute atomic E-state index is 11.4. The van der Waals surface area contributed by atoms with E-state index in [1.807, 2.05) is 28.8 Å². The molecule has 0 aliphatic carbocycles. The van der Waals surface area contributed by atoms with Crippen LogP contribution in [0.3, 0.4) is 0 Å². The fourth-order valence-corrected chi connectivity index (χ4v) is 4.02. The first kappa shape index (κ1) is 11.6. The van der Waals surface area contributed by atoms with Crippen LogP contribution < -0.4 is 0 Å². The van der Waals surface area contributed by atoms with E-state index in [-0.39, 0.29) is 0 Å². The van der Waals surface area contributed by atoms with E-state index >= 15 is 0 Å².